The van der Waals surface area contributed by atoms with Crippen LogP contribution in [0.4, 0.5) is 5.82 Å². The van der Waals surface area contributed by atoms with Crippen LogP contribution in [0.3, 0.4) is 0 Å². The number of unbranched alkanes of at least 4 members (excludes halogenated alkanes) is 1. The zero-order valence-electron chi connectivity index (χ0n) is 14.1. The first-order valence-corrected chi connectivity index (χ1v) is 7.93. The Kier molecular flexibility index (Phi) is 8.05. The fourth-order valence-corrected chi connectivity index (χ4v) is 1.80. The highest BCUT2D eigenvalue weighted by atomic mass is 16.5. The van der Waals surface area contributed by atoms with Crippen molar-refractivity contribution in [2.24, 2.45) is 0 Å². The first kappa shape index (κ1) is 17.7. The van der Waals surface area contributed by atoms with E-state index in [0.29, 0.717) is 18.4 Å². The van der Waals surface area contributed by atoms with Gasteiger partial charge in [0.15, 0.2) is 0 Å². The number of aromatic nitrogens is 2. The van der Waals surface area contributed by atoms with Gasteiger partial charge in [-0.25, -0.2) is 4.98 Å². The third kappa shape index (κ3) is 7.27. The maximum Gasteiger partial charge on any atom is 0.218 e. The molecule has 0 fully saturated rings. The van der Waals surface area contributed by atoms with Crippen LogP contribution in [0.1, 0.15) is 51.8 Å². The Bertz CT molecular complexity index is 407. The van der Waals surface area contributed by atoms with Crippen LogP contribution in [0, 0.1) is 0 Å². The second-order valence-electron chi connectivity index (χ2n) is 5.89. The van der Waals surface area contributed by atoms with Gasteiger partial charge in [0.1, 0.15) is 11.6 Å². The van der Waals surface area contributed by atoms with E-state index in [1.807, 2.05) is 6.07 Å². The quantitative estimate of drug-likeness (QED) is 0.672. The molecule has 1 aromatic rings. The summed E-state index contributed by atoms with van der Waals surface area (Å²) in [6.07, 6.45) is 3.25. The van der Waals surface area contributed by atoms with Crippen LogP contribution < -0.4 is 10.1 Å². The maximum absolute atomic E-state index is 5.72. The highest BCUT2D eigenvalue weighted by Gasteiger charge is 2.08. The summed E-state index contributed by atoms with van der Waals surface area (Å²) in [6, 6.07) is 1.90. The molecule has 0 saturated heterocycles. The Morgan fingerprint density at radius 1 is 1.24 bits per heavy atom. The minimum absolute atomic E-state index is 0.294. The van der Waals surface area contributed by atoms with Gasteiger partial charge in [0.25, 0.3) is 0 Å². The normalized spacial score (nSPS) is 11.2. The van der Waals surface area contributed by atoms with Gasteiger partial charge < -0.3 is 15.0 Å². The SMILES string of the molecule is CCCCOc1cc(NCCCN(C)C)nc(C(C)C)n1. The molecule has 1 heterocycles. The number of nitrogens with zero attached hydrogens (tertiary/aromatic N) is 3. The molecule has 21 heavy (non-hydrogen) atoms. The largest absolute Gasteiger partial charge is 0.478 e. The van der Waals surface area contributed by atoms with E-state index >= 15 is 0 Å². The number of ether oxygens (including phenoxy) is 1. The van der Waals surface area contributed by atoms with Crippen molar-refractivity contribution in [1.29, 1.82) is 0 Å². The molecule has 0 unspecified atom stereocenters. The number of nitrogens with one attached hydrogen (secondary N) is 1. The lowest BCUT2D eigenvalue weighted by molar-refractivity contribution is 0.296. The molecule has 0 aliphatic rings. The highest BCUT2D eigenvalue weighted by molar-refractivity contribution is 5.38. The molecule has 0 aliphatic carbocycles. The third-order valence-electron chi connectivity index (χ3n) is 3.07. The van der Waals surface area contributed by atoms with Crippen LogP contribution in [0.2, 0.25) is 0 Å². The average Bonchev–Trinajstić information content (AvgIpc) is 2.43. The first-order valence-electron chi connectivity index (χ1n) is 7.93. The molecule has 5 heteroatoms. The monoisotopic (exact) mass is 294 g/mol. The van der Waals surface area contributed by atoms with E-state index < -0.39 is 0 Å². The second kappa shape index (κ2) is 9.55. The van der Waals surface area contributed by atoms with E-state index in [-0.39, 0.29) is 0 Å². The topological polar surface area (TPSA) is 50.3 Å². The molecule has 0 spiro atoms. The number of hydrogen-bond donors (Lipinski definition) is 1. The molecule has 0 atom stereocenters. The lowest BCUT2D eigenvalue weighted by atomic mass is 10.2. The van der Waals surface area contributed by atoms with Crippen LogP contribution in [-0.2, 0) is 0 Å². The number of hydrogen-bond acceptors (Lipinski definition) is 5. The van der Waals surface area contributed by atoms with Gasteiger partial charge in [-0.2, -0.15) is 4.98 Å². The summed E-state index contributed by atoms with van der Waals surface area (Å²) in [5, 5.41) is 3.37. The van der Waals surface area contributed by atoms with Gasteiger partial charge in [-0.1, -0.05) is 27.2 Å². The Hall–Kier alpha value is -1.36. The molecular weight excluding hydrogens is 264 g/mol. The molecule has 0 bridgehead atoms. The van der Waals surface area contributed by atoms with Crippen molar-refractivity contribution in [3.63, 3.8) is 0 Å². The van der Waals surface area contributed by atoms with Crippen LogP contribution >= 0.6 is 0 Å². The second-order valence-corrected chi connectivity index (χ2v) is 5.89. The van der Waals surface area contributed by atoms with E-state index in [9.17, 15) is 0 Å². The van der Waals surface area contributed by atoms with E-state index in [1.165, 1.54) is 0 Å². The van der Waals surface area contributed by atoms with Gasteiger partial charge in [-0.05, 0) is 33.5 Å². The summed E-state index contributed by atoms with van der Waals surface area (Å²) in [4.78, 5) is 11.2. The molecule has 1 aromatic heterocycles. The van der Waals surface area contributed by atoms with E-state index in [0.717, 1.165) is 44.0 Å². The fourth-order valence-electron chi connectivity index (χ4n) is 1.80. The summed E-state index contributed by atoms with van der Waals surface area (Å²) >= 11 is 0. The van der Waals surface area contributed by atoms with Gasteiger partial charge in [0.05, 0.1) is 6.61 Å². The van der Waals surface area contributed by atoms with Gasteiger partial charge in [-0.3, -0.25) is 0 Å². The van der Waals surface area contributed by atoms with Crippen molar-refractivity contribution in [2.75, 3.05) is 39.1 Å². The lowest BCUT2D eigenvalue weighted by Gasteiger charge is -2.13. The highest BCUT2D eigenvalue weighted by Crippen LogP contribution is 2.18. The zero-order valence-corrected chi connectivity index (χ0v) is 14.1. The molecule has 0 saturated carbocycles. The van der Waals surface area contributed by atoms with Crippen molar-refractivity contribution < 1.29 is 4.74 Å². The van der Waals surface area contributed by atoms with Crippen molar-refractivity contribution in [2.45, 2.75) is 46.0 Å². The number of anilines is 1. The predicted molar refractivity (Wildman–Crippen MR) is 88.2 cm³/mol. The first-order chi connectivity index (χ1) is 10.0. The third-order valence-corrected chi connectivity index (χ3v) is 3.07. The number of rotatable bonds is 10. The van der Waals surface area contributed by atoms with E-state index in [4.69, 9.17) is 4.74 Å². The Morgan fingerprint density at radius 2 is 2.00 bits per heavy atom. The molecule has 1 rings (SSSR count). The minimum Gasteiger partial charge on any atom is -0.478 e. The summed E-state index contributed by atoms with van der Waals surface area (Å²) in [6.45, 7) is 9.03. The molecule has 0 radical (unpaired) electrons. The molecule has 1 N–H and O–H groups in total. The summed E-state index contributed by atoms with van der Waals surface area (Å²) in [5.74, 6) is 2.66. The van der Waals surface area contributed by atoms with Crippen molar-refractivity contribution in [3.05, 3.63) is 11.9 Å². The zero-order chi connectivity index (χ0) is 15.7. The predicted octanol–water partition coefficient (Wildman–Crippen LogP) is 3.14. The van der Waals surface area contributed by atoms with Gasteiger partial charge >= 0.3 is 0 Å². The molecule has 120 valence electrons. The smallest absolute Gasteiger partial charge is 0.218 e. The van der Waals surface area contributed by atoms with Crippen LogP contribution in [0.15, 0.2) is 6.07 Å². The molecule has 0 aliphatic heterocycles. The Balaban J connectivity index is 2.63. The van der Waals surface area contributed by atoms with Crippen molar-refractivity contribution in [3.8, 4) is 5.88 Å². The van der Waals surface area contributed by atoms with Crippen LogP contribution in [0.5, 0.6) is 5.88 Å². The van der Waals surface area contributed by atoms with Crippen LogP contribution in [-0.4, -0.2) is 48.7 Å². The van der Waals surface area contributed by atoms with Gasteiger partial charge in [0, 0.05) is 18.5 Å². The molecular formula is C16H30N4O. The average molecular weight is 294 g/mol. The molecule has 5 nitrogen and oxygen atoms in total. The summed E-state index contributed by atoms with van der Waals surface area (Å²) in [7, 11) is 4.17. The minimum atomic E-state index is 0.294. The van der Waals surface area contributed by atoms with E-state index in [2.05, 4.69) is 55.1 Å². The lowest BCUT2D eigenvalue weighted by Crippen LogP contribution is -2.17. The standard InChI is InChI=1S/C16H30N4O/c1-6-7-11-21-15-12-14(17-9-8-10-20(4)5)18-16(19-15)13(2)3/h12-13H,6-11H2,1-5H3,(H,17,18,19). The Labute approximate surface area is 129 Å². The van der Waals surface area contributed by atoms with E-state index in [1.54, 1.807) is 0 Å². The molecule has 0 amide bonds. The van der Waals surface area contributed by atoms with Crippen molar-refractivity contribution >= 4 is 5.82 Å². The fraction of sp³-hybridized carbons (Fsp3) is 0.750. The van der Waals surface area contributed by atoms with Crippen LogP contribution in [0.25, 0.3) is 0 Å². The summed E-state index contributed by atoms with van der Waals surface area (Å²) < 4.78 is 5.72. The maximum atomic E-state index is 5.72. The van der Waals surface area contributed by atoms with Crippen molar-refractivity contribution in [1.82, 2.24) is 14.9 Å². The molecule has 0 aromatic carbocycles. The Morgan fingerprint density at radius 3 is 2.62 bits per heavy atom. The van der Waals surface area contributed by atoms with Gasteiger partial charge in [0.2, 0.25) is 5.88 Å². The van der Waals surface area contributed by atoms with Gasteiger partial charge in [-0.15, -0.1) is 0 Å². The summed E-state index contributed by atoms with van der Waals surface area (Å²) in [5.41, 5.74) is 0.